The molecule has 1 saturated carbocycles. The maximum atomic E-state index is 12.5. The van der Waals surface area contributed by atoms with Crippen molar-refractivity contribution in [3.63, 3.8) is 0 Å². The molecular weight excluding hydrogens is 344 g/mol. The lowest BCUT2D eigenvalue weighted by Crippen LogP contribution is -2.54. The van der Waals surface area contributed by atoms with Crippen molar-refractivity contribution in [1.82, 2.24) is 20.4 Å². The molecule has 0 spiro atoms. The van der Waals surface area contributed by atoms with Crippen molar-refractivity contribution in [2.75, 3.05) is 32.7 Å². The van der Waals surface area contributed by atoms with Gasteiger partial charge in [0.25, 0.3) is 0 Å². The summed E-state index contributed by atoms with van der Waals surface area (Å²) < 4.78 is 0. The van der Waals surface area contributed by atoms with Gasteiger partial charge in [-0.2, -0.15) is 0 Å². The molecule has 0 radical (unpaired) electrons. The lowest BCUT2D eigenvalue weighted by atomic mass is 9.96. The number of carbonyl (C=O) groups is 1. The van der Waals surface area contributed by atoms with E-state index in [0.717, 1.165) is 45.6 Å². The van der Waals surface area contributed by atoms with Crippen molar-refractivity contribution < 1.29 is 4.79 Å². The van der Waals surface area contributed by atoms with Gasteiger partial charge < -0.3 is 15.5 Å². The van der Waals surface area contributed by atoms with E-state index < -0.39 is 0 Å². The van der Waals surface area contributed by atoms with Crippen molar-refractivity contribution in [3.05, 3.63) is 22.4 Å². The molecule has 1 aromatic rings. The Bertz CT molecular complexity index is 536. The van der Waals surface area contributed by atoms with Gasteiger partial charge in [0.1, 0.15) is 0 Å². The summed E-state index contributed by atoms with van der Waals surface area (Å²) in [4.78, 5) is 18.9. The largest absolute Gasteiger partial charge is 0.335 e. The molecule has 26 heavy (non-hydrogen) atoms. The number of likely N-dealkylation sites (N-methyl/N-ethyl adjacent to an activating group) is 1. The van der Waals surface area contributed by atoms with Crippen LogP contribution in [0.2, 0.25) is 0 Å². The summed E-state index contributed by atoms with van der Waals surface area (Å²) in [7, 11) is 0. The van der Waals surface area contributed by atoms with Gasteiger partial charge in [-0.15, -0.1) is 11.3 Å². The Morgan fingerprint density at radius 3 is 2.58 bits per heavy atom. The molecule has 1 saturated heterocycles. The maximum absolute atomic E-state index is 12.5. The third-order valence-corrected chi connectivity index (χ3v) is 6.80. The Morgan fingerprint density at radius 2 is 1.96 bits per heavy atom. The number of piperazine rings is 1. The second-order valence-corrected chi connectivity index (χ2v) is 8.65. The lowest BCUT2D eigenvalue weighted by molar-refractivity contribution is 0.0862. The zero-order valence-corrected chi connectivity index (χ0v) is 17.1. The van der Waals surface area contributed by atoms with E-state index in [1.54, 1.807) is 11.3 Å². The van der Waals surface area contributed by atoms with Gasteiger partial charge in [0.05, 0.1) is 6.04 Å². The van der Waals surface area contributed by atoms with Gasteiger partial charge in [-0.1, -0.05) is 32.3 Å². The van der Waals surface area contributed by atoms with Gasteiger partial charge >= 0.3 is 6.03 Å². The molecule has 2 fully saturated rings. The Labute approximate surface area is 162 Å². The Morgan fingerprint density at radius 1 is 1.23 bits per heavy atom. The molecule has 6 heteroatoms. The first-order valence-electron chi connectivity index (χ1n) is 10.2. The van der Waals surface area contributed by atoms with Gasteiger partial charge in [-0.25, -0.2) is 4.79 Å². The van der Waals surface area contributed by atoms with Gasteiger partial charge in [-0.3, -0.25) is 4.90 Å². The quantitative estimate of drug-likeness (QED) is 0.797. The molecule has 2 atom stereocenters. The van der Waals surface area contributed by atoms with Crippen LogP contribution < -0.4 is 10.6 Å². The molecule has 146 valence electrons. The van der Waals surface area contributed by atoms with E-state index in [9.17, 15) is 4.79 Å². The fourth-order valence-electron chi connectivity index (χ4n) is 4.32. The van der Waals surface area contributed by atoms with Crippen LogP contribution in [0.25, 0.3) is 0 Å². The zero-order valence-electron chi connectivity index (χ0n) is 16.2. The standard InChI is InChI=1S/C20H34N4OS/c1-3-23-11-13-24(14-12-23)19(18-10-7-15-26-18)16(2)21-20(25)22-17-8-5-4-6-9-17/h7,10,15-17,19H,3-6,8-9,11-14H2,1-2H3,(H2,21,22,25)/t16-,19+/m1/s1. The first kappa shape index (κ1) is 19.6. The highest BCUT2D eigenvalue weighted by Gasteiger charge is 2.30. The zero-order chi connectivity index (χ0) is 18.4. The minimum Gasteiger partial charge on any atom is -0.335 e. The van der Waals surface area contributed by atoms with Crippen LogP contribution in [-0.2, 0) is 0 Å². The molecule has 1 aromatic heterocycles. The monoisotopic (exact) mass is 378 g/mol. The summed E-state index contributed by atoms with van der Waals surface area (Å²) in [6.07, 6.45) is 6.02. The van der Waals surface area contributed by atoms with Crippen molar-refractivity contribution >= 4 is 17.4 Å². The van der Waals surface area contributed by atoms with E-state index >= 15 is 0 Å². The smallest absolute Gasteiger partial charge is 0.315 e. The highest BCUT2D eigenvalue weighted by molar-refractivity contribution is 7.10. The van der Waals surface area contributed by atoms with Crippen LogP contribution in [-0.4, -0.2) is 60.6 Å². The summed E-state index contributed by atoms with van der Waals surface area (Å²) in [5.74, 6) is 0. The fourth-order valence-corrected chi connectivity index (χ4v) is 5.28. The van der Waals surface area contributed by atoms with Crippen molar-refractivity contribution in [3.8, 4) is 0 Å². The molecule has 1 aliphatic heterocycles. The predicted octanol–water partition coefficient (Wildman–Crippen LogP) is 3.45. The summed E-state index contributed by atoms with van der Waals surface area (Å²) in [5.41, 5.74) is 0. The number of rotatable bonds is 6. The minimum absolute atomic E-state index is 0.00171. The Balaban J connectivity index is 1.60. The fraction of sp³-hybridized carbons (Fsp3) is 0.750. The van der Waals surface area contributed by atoms with Gasteiger partial charge in [0.15, 0.2) is 0 Å². The average Bonchev–Trinajstić information content (AvgIpc) is 3.17. The van der Waals surface area contributed by atoms with E-state index in [4.69, 9.17) is 0 Å². The number of urea groups is 1. The van der Waals surface area contributed by atoms with Crippen molar-refractivity contribution in [2.24, 2.45) is 0 Å². The maximum Gasteiger partial charge on any atom is 0.315 e. The van der Waals surface area contributed by atoms with Crippen LogP contribution in [0.1, 0.15) is 56.9 Å². The van der Waals surface area contributed by atoms with E-state index in [-0.39, 0.29) is 18.1 Å². The summed E-state index contributed by atoms with van der Waals surface area (Å²) in [5, 5.41) is 8.57. The number of nitrogens with zero attached hydrogens (tertiary/aromatic N) is 2. The third-order valence-electron chi connectivity index (χ3n) is 5.85. The molecule has 2 heterocycles. The minimum atomic E-state index is -0.00171. The molecule has 1 aliphatic carbocycles. The number of nitrogens with one attached hydrogen (secondary N) is 2. The highest BCUT2D eigenvalue weighted by Crippen LogP contribution is 2.29. The van der Waals surface area contributed by atoms with Crippen LogP contribution in [0, 0.1) is 0 Å². The van der Waals surface area contributed by atoms with Crippen LogP contribution in [0.15, 0.2) is 17.5 Å². The van der Waals surface area contributed by atoms with E-state index in [2.05, 4.69) is 51.8 Å². The number of hydrogen-bond acceptors (Lipinski definition) is 4. The van der Waals surface area contributed by atoms with E-state index in [1.165, 1.54) is 24.1 Å². The molecule has 2 amide bonds. The predicted molar refractivity (Wildman–Crippen MR) is 109 cm³/mol. The second kappa shape index (κ2) is 9.72. The summed E-state index contributed by atoms with van der Waals surface area (Å²) in [6, 6.07) is 5.02. The Hall–Kier alpha value is -1.11. The van der Waals surface area contributed by atoms with Crippen molar-refractivity contribution in [2.45, 2.75) is 64.1 Å². The van der Waals surface area contributed by atoms with Crippen molar-refractivity contribution in [1.29, 1.82) is 0 Å². The molecule has 5 nitrogen and oxygen atoms in total. The van der Waals surface area contributed by atoms with Gasteiger partial charge in [0, 0.05) is 43.1 Å². The average molecular weight is 379 g/mol. The normalized spacial score (nSPS) is 22.7. The number of hydrogen-bond donors (Lipinski definition) is 2. The Kier molecular flexibility index (Phi) is 7.34. The SMILES string of the molecule is CCN1CCN([C@H](c2cccs2)[C@@H](C)NC(=O)NC2CCCCC2)CC1. The van der Waals surface area contributed by atoms with Gasteiger partial charge in [0.2, 0.25) is 0 Å². The van der Waals surface area contributed by atoms with Crippen LogP contribution in [0.4, 0.5) is 4.79 Å². The molecule has 3 rings (SSSR count). The molecule has 2 aliphatic rings. The van der Waals surface area contributed by atoms with Crippen LogP contribution >= 0.6 is 11.3 Å². The number of amides is 2. The van der Waals surface area contributed by atoms with Crippen LogP contribution in [0.3, 0.4) is 0 Å². The molecule has 2 N–H and O–H groups in total. The topological polar surface area (TPSA) is 47.6 Å². The van der Waals surface area contributed by atoms with Gasteiger partial charge in [-0.05, 0) is 37.8 Å². The molecular formula is C20H34N4OS. The third kappa shape index (κ3) is 5.21. The number of thiophene rings is 1. The number of carbonyl (C=O) groups excluding carboxylic acids is 1. The van der Waals surface area contributed by atoms with Crippen LogP contribution in [0.5, 0.6) is 0 Å². The molecule has 0 aromatic carbocycles. The lowest BCUT2D eigenvalue weighted by Gasteiger charge is -2.41. The molecule has 0 unspecified atom stereocenters. The highest BCUT2D eigenvalue weighted by atomic mass is 32.1. The molecule has 0 bridgehead atoms. The van der Waals surface area contributed by atoms with E-state index in [1.807, 2.05) is 0 Å². The first-order valence-corrected chi connectivity index (χ1v) is 11.1. The summed E-state index contributed by atoms with van der Waals surface area (Å²) in [6.45, 7) is 9.84. The first-order chi connectivity index (χ1) is 12.7. The summed E-state index contributed by atoms with van der Waals surface area (Å²) >= 11 is 1.80. The second-order valence-electron chi connectivity index (χ2n) is 7.67. The van der Waals surface area contributed by atoms with E-state index in [0.29, 0.717) is 6.04 Å².